The molecule has 5 nitrogen and oxygen atoms in total. The van der Waals surface area contributed by atoms with Gasteiger partial charge in [-0.3, -0.25) is 4.79 Å². The Morgan fingerprint density at radius 1 is 1.03 bits per heavy atom. The molecule has 0 amide bonds. The Labute approximate surface area is 186 Å². The number of ketones is 1. The molecule has 0 spiro atoms. The van der Waals surface area contributed by atoms with Crippen molar-refractivity contribution in [1.29, 1.82) is 0 Å². The van der Waals surface area contributed by atoms with Gasteiger partial charge in [-0.15, -0.1) is 0 Å². The van der Waals surface area contributed by atoms with Crippen molar-refractivity contribution in [2.75, 3.05) is 0 Å². The fraction of sp³-hybridized carbons (Fsp3) is 0.0400. The molecule has 5 rings (SSSR count). The maximum Gasteiger partial charge on any atom is 0.379 e. The topological polar surface area (TPSA) is 65.7 Å². The number of benzene rings is 3. The Bertz CT molecular complexity index is 1400. The standard InChI is InChI=1S/C25H15BrO5/c1-14-3-2-4-15(9-14)10-22-24(27)19-7-6-18(13-21(19)31-22)29-25(28)23-12-16-11-17(26)5-8-20(16)30-23/h2-13H,1H3/b22-10-. The number of aryl methyl sites for hydroxylation is 1. The van der Waals surface area contributed by atoms with Crippen molar-refractivity contribution in [3.8, 4) is 11.5 Å². The highest BCUT2D eigenvalue weighted by atomic mass is 79.9. The molecule has 2 heterocycles. The van der Waals surface area contributed by atoms with Crippen LogP contribution in [0, 0.1) is 6.92 Å². The van der Waals surface area contributed by atoms with Crippen LogP contribution < -0.4 is 9.47 Å². The predicted octanol–water partition coefficient (Wildman–Crippen LogP) is 6.34. The number of hydrogen-bond acceptors (Lipinski definition) is 5. The van der Waals surface area contributed by atoms with Gasteiger partial charge in [-0.25, -0.2) is 4.79 Å². The van der Waals surface area contributed by atoms with Crippen molar-refractivity contribution in [3.63, 3.8) is 0 Å². The Morgan fingerprint density at radius 2 is 1.90 bits per heavy atom. The van der Waals surface area contributed by atoms with Crippen molar-refractivity contribution >= 4 is 44.7 Å². The second-order valence-corrected chi connectivity index (χ2v) is 8.11. The average Bonchev–Trinajstić information content (AvgIpc) is 3.29. The molecule has 152 valence electrons. The van der Waals surface area contributed by atoms with E-state index < -0.39 is 5.97 Å². The van der Waals surface area contributed by atoms with Gasteiger partial charge < -0.3 is 13.9 Å². The van der Waals surface area contributed by atoms with Crippen LogP contribution in [-0.2, 0) is 0 Å². The van der Waals surface area contributed by atoms with Crippen LogP contribution in [0.1, 0.15) is 32.0 Å². The van der Waals surface area contributed by atoms with Gasteiger partial charge >= 0.3 is 5.97 Å². The highest BCUT2D eigenvalue weighted by Gasteiger charge is 2.28. The molecule has 1 aliphatic rings. The maximum absolute atomic E-state index is 12.6. The van der Waals surface area contributed by atoms with Gasteiger partial charge in [-0.1, -0.05) is 45.8 Å². The van der Waals surface area contributed by atoms with Crippen LogP contribution >= 0.6 is 15.9 Å². The third-order valence-electron chi connectivity index (χ3n) is 4.87. The zero-order chi connectivity index (χ0) is 21.5. The number of allylic oxidation sites excluding steroid dienone is 1. The second kappa shape index (κ2) is 7.56. The summed E-state index contributed by atoms with van der Waals surface area (Å²) in [5.74, 6) is 0.0830. The lowest BCUT2D eigenvalue weighted by molar-refractivity contribution is 0.0703. The molecule has 0 saturated heterocycles. The zero-order valence-electron chi connectivity index (χ0n) is 16.3. The van der Waals surface area contributed by atoms with Crippen molar-refractivity contribution in [1.82, 2.24) is 0 Å². The van der Waals surface area contributed by atoms with E-state index in [2.05, 4.69) is 15.9 Å². The Morgan fingerprint density at radius 3 is 2.74 bits per heavy atom. The molecule has 0 bridgehead atoms. The SMILES string of the molecule is Cc1cccc(/C=C2\Oc3cc(OC(=O)c4cc5cc(Br)ccc5o4)ccc3C2=O)c1. The minimum atomic E-state index is -0.632. The monoisotopic (exact) mass is 474 g/mol. The number of rotatable bonds is 3. The highest BCUT2D eigenvalue weighted by Crippen LogP contribution is 2.35. The van der Waals surface area contributed by atoms with E-state index in [1.54, 1.807) is 30.3 Å². The van der Waals surface area contributed by atoms with Crippen molar-refractivity contribution in [2.45, 2.75) is 6.92 Å². The number of halogens is 1. The van der Waals surface area contributed by atoms with Gasteiger partial charge in [-0.2, -0.15) is 0 Å². The van der Waals surface area contributed by atoms with Gasteiger partial charge in [0.25, 0.3) is 0 Å². The summed E-state index contributed by atoms with van der Waals surface area (Å²) < 4.78 is 17.6. The summed E-state index contributed by atoms with van der Waals surface area (Å²) in [6.07, 6.45) is 1.70. The molecule has 31 heavy (non-hydrogen) atoms. The number of hydrogen-bond donors (Lipinski definition) is 0. The smallest absolute Gasteiger partial charge is 0.379 e. The fourth-order valence-corrected chi connectivity index (χ4v) is 3.79. The van der Waals surface area contributed by atoms with E-state index in [1.807, 2.05) is 43.3 Å². The van der Waals surface area contributed by atoms with Gasteiger partial charge in [0, 0.05) is 15.9 Å². The summed E-state index contributed by atoms with van der Waals surface area (Å²) in [4.78, 5) is 25.2. The summed E-state index contributed by atoms with van der Waals surface area (Å²) >= 11 is 3.39. The molecule has 1 aromatic heterocycles. The molecule has 0 fully saturated rings. The van der Waals surface area contributed by atoms with E-state index in [0.29, 0.717) is 16.9 Å². The first-order valence-corrected chi connectivity index (χ1v) is 10.3. The van der Waals surface area contributed by atoms with Crippen LogP contribution in [0.25, 0.3) is 17.0 Å². The van der Waals surface area contributed by atoms with E-state index in [1.165, 1.54) is 6.07 Å². The van der Waals surface area contributed by atoms with E-state index >= 15 is 0 Å². The number of Topliss-reactive ketones (excluding diaryl/α,β-unsaturated/α-hetero) is 1. The summed E-state index contributed by atoms with van der Waals surface area (Å²) in [7, 11) is 0. The number of esters is 1. The Balaban J connectivity index is 1.37. The summed E-state index contributed by atoms with van der Waals surface area (Å²) in [5.41, 5.74) is 2.97. The molecule has 3 aromatic carbocycles. The van der Waals surface area contributed by atoms with Gasteiger partial charge in [0.1, 0.15) is 17.1 Å². The number of ether oxygens (including phenoxy) is 2. The highest BCUT2D eigenvalue weighted by molar-refractivity contribution is 9.10. The van der Waals surface area contributed by atoms with Crippen LogP contribution in [0.2, 0.25) is 0 Å². The van der Waals surface area contributed by atoms with Gasteiger partial charge in [0.05, 0.1) is 5.56 Å². The molecule has 6 heteroatoms. The molecule has 4 aromatic rings. The second-order valence-electron chi connectivity index (χ2n) is 7.19. The minimum absolute atomic E-state index is 0.0885. The van der Waals surface area contributed by atoms with Crippen LogP contribution in [0.4, 0.5) is 0 Å². The van der Waals surface area contributed by atoms with E-state index in [4.69, 9.17) is 13.9 Å². The summed E-state index contributed by atoms with van der Waals surface area (Å²) in [5, 5.41) is 0.787. The predicted molar refractivity (Wildman–Crippen MR) is 119 cm³/mol. The normalized spacial score (nSPS) is 14.0. The molecule has 0 unspecified atom stereocenters. The number of furan rings is 1. The molecule has 0 N–H and O–H groups in total. The first-order valence-electron chi connectivity index (χ1n) is 9.52. The molecule has 0 radical (unpaired) electrons. The number of carbonyl (C=O) groups is 2. The van der Waals surface area contributed by atoms with Crippen molar-refractivity contribution in [2.24, 2.45) is 0 Å². The van der Waals surface area contributed by atoms with Gasteiger partial charge in [-0.05, 0) is 55.0 Å². The molecule has 1 aliphatic heterocycles. The third kappa shape index (κ3) is 3.78. The summed E-state index contributed by atoms with van der Waals surface area (Å²) in [6, 6.07) is 19.5. The first kappa shape index (κ1) is 19.3. The van der Waals surface area contributed by atoms with E-state index in [0.717, 1.165) is 21.0 Å². The molecule has 0 saturated carbocycles. The molecule has 0 aliphatic carbocycles. The average molecular weight is 475 g/mol. The molecular formula is C25H15BrO5. The lowest BCUT2D eigenvalue weighted by Crippen LogP contribution is -2.07. The number of fused-ring (bicyclic) bond motifs is 2. The van der Waals surface area contributed by atoms with Crippen molar-refractivity contribution in [3.05, 3.63) is 99.4 Å². The first-order chi connectivity index (χ1) is 15.0. The fourth-order valence-electron chi connectivity index (χ4n) is 3.41. The van der Waals surface area contributed by atoms with Crippen molar-refractivity contribution < 1.29 is 23.5 Å². The van der Waals surface area contributed by atoms with Crippen LogP contribution in [0.15, 0.2) is 81.4 Å². The van der Waals surface area contributed by atoms with Crippen LogP contribution in [-0.4, -0.2) is 11.8 Å². The lowest BCUT2D eigenvalue weighted by Gasteiger charge is -2.04. The van der Waals surface area contributed by atoms with Crippen LogP contribution in [0.5, 0.6) is 11.5 Å². The van der Waals surface area contributed by atoms with E-state index in [9.17, 15) is 9.59 Å². The molecule has 0 atom stereocenters. The summed E-state index contributed by atoms with van der Waals surface area (Å²) in [6.45, 7) is 1.98. The van der Waals surface area contributed by atoms with Gasteiger partial charge in [0.15, 0.2) is 5.76 Å². The van der Waals surface area contributed by atoms with E-state index in [-0.39, 0.29) is 23.1 Å². The zero-order valence-corrected chi connectivity index (χ0v) is 17.9. The lowest BCUT2D eigenvalue weighted by atomic mass is 10.1. The Kier molecular flexibility index (Phi) is 4.71. The minimum Gasteiger partial charge on any atom is -0.452 e. The number of carbonyl (C=O) groups excluding carboxylic acids is 2. The Hall–Kier alpha value is -3.64. The largest absolute Gasteiger partial charge is 0.452 e. The van der Waals surface area contributed by atoms with Gasteiger partial charge in [0.2, 0.25) is 11.5 Å². The third-order valence-corrected chi connectivity index (χ3v) is 5.36. The molecular weight excluding hydrogens is 460 g/mol. The van der Waals surface area contributed by atoms with Crippen LogP contribution in [0.3, 0.4) is 0 Å². The quantitative estimate of drug-likeness (QED) is 0.197. The maximum atomic E-state index is 12.6.